The van der Waals surface area contributed by atoms with E-state index in [0.717, 1.165) is 30.5 Å². The Bertz CT molecular complexity index is 1270. The summed E-state index contributed by atoms with van der Waals surface area (Å²) in [6.07, 6.45) is -1.27. The van der Waals surface area contributed by atoms with E-state index in [4.69, 9.17) is 4.74 Å². The van der Waals surface area contributed by atoms with Crippen LogP contribution in [0, 0.1) is 0 Å². The van der Waals surface area contributed by atoms with Crippen molar-refractivity contribution in [3.63, 3.8) is 0 Å². The fourth-order valence-corrected chi connectivity index (χ4v) is 3.48. The smallest absolute Gasteiger partial charge is 0.416 e. The summed E-state index contributed by atoms with van der Waals surface area (Å²) in [6.45, 7) is 3.11. The molecule has 1 aliphatic carbocycles. The average molecular weight is 499 g/mol. The fourth-order valence-electron chi connectivity index (χ4n) is 3.48. The minimum Gasteiger partial charge on any atom is -0.478 e. The van der Waals surface area contributed by atoms with Crippen LogP contribution < -0.4 is 10.1 Å². The molecule has 2 aromatic carbocycles. The summed E-state index contributed by atoms with van der Waals surface area (Å²) >= 11 is 0. The molecule has 0 atom stereocenters. The van der Waals surface area contributed by atoms with Crippen LogP contribution in [0.3, 0.4) is 0 Å². The zero-order valence-electron chi connectivity index (χ0n) is 19.6. The summed E-state index contributed by atoms with van der Waals surface area (Å²) in [5, 5.41) is 12.0. The molecular formula is C26H24F3N3O4. The molecule has 0 aliphatic heterocycles. The van der Waals surface area contributed by atoms with Gasteiger partial charge in [0.25, 0.3) is 5.91 Å². The topological polar surface area (TPSA) is 101 Å². The molecule has 0 spiro atoms. The molecule has 1 heterocycles. The number of halogens is 3. The van der Waals surface area contributed by atoms with Gasteiger partial charge in [0, 0.05) is 24.2 Å². The lowest BCUT2D eigenvalue weighted by Gasteiger charge is -2.21. The van der Waals surface area contributed by atoms with Crippen molar-refractivity contribution >= 4 is 11.9 Å². The molecule has 188 valence electrons. The molecule has 0 bridgehead atoms. The number of nitrogens with zero attached hydrogens (tertiary/aromatic N) is 2. The number of benzene rings is 2. The quantitative estimate of drug-likeness (QED) is 0.441. The molecule has 2 N–H and O–H groups in total. The van der Waals surface area contributed by atoms with Crippen molar-refractivity contribution in [1.29, 1.82) is 0 Å². The lowest BCUT2D eigenvalue weighted by molar-refractivity contribution is -0.152. The zero-order valence-corrected chi connectivity index (χ0v) is 19.6. The number of hydrogen-bond donors (Lipinski definition) is 2. The first-order chi connectivity index (χ1) is 16.9. The number of nitrogens with one attached hydrogen (secondary N) is 1. The SMILES string of the molecule is CC(C)(Oc1ccc(CNC(=O)c2cnc(-c3ccc(C(F)(F)F)cc3)nc2C2CC2)cc1)C(=O)O. The number of aromatic nitrogens is 2. The van der Waals surface area contributed by atoms with Gasteiger partial charge >= 0.3 is 12.1 Å². The summed E-state index contributed by atoms with van der Waals surface area (Å²) < 4.78 is 44.0. The summed E-state index contributed by atoms with van der Waals surface area (Å²) in [7, 11) is 0. The number of ether oxygens (including phenoxy) is 1. The van der Waals surface area contributed by atoms with Gasteiger partial charge in [0.2, 0.25) is 0 Å². The Labute approximate surface area is 205 Å². The van der Waals surface area contributed by atoms with E-state index in [2.05, 4.69) is 15.3 Å². The second-order valence-electron chi connectivity index (χ2n) is 9.09. The first-order valence-corrected chi connectivity index (χ1v) is 11.3. The summed E-state index contributed by atoms with van der Waals surface area (Å²) in [5.41, 5.74) is -0.00542. The Balaban J connectivity index is 1.45. The minimum atomic E-state index is -4.43. The maximum atomic E-state index is 12.9. The largest absolute Gasteiger partial charge is 0.478 e. The molecular weight excluding hydrogens is 475 g/mol. The molecule has 7 nitrogen and oxygen atoms in total. The van der Waals surface area contributed by atoms with Crippen LogP contribution in [0.5, 0.6) is 5.75 Å². The molecule has 0 saturated heterocycles. The van der Waals surface area contributed by atoms with E-state index in [-0.39, 0.29) is 24.2 Å². The third kappa shape index (κ3) is 5.81. The normalized spacial score (nSPS) is 13.8. The van der Waals surface area contributed by atoms with Gasteiger partial charge in [-0.25, -0.2) is 14.8 Å². The highest BCUT2D eigenvalue weighted by molar-refractivity contribution is 5.95. The number of amides is 1. The Morgan fingerprint density at radius 2 is 1.69 bits per heavy atom. The van der Waals surface area contributed by atoms with Crippen molar-refractivity contribution in [2.24, 2.45) is 0 Å². The summed E-state index contributed by atoms with van der Waals surface area (Å²) in [6, 6.07) is 11.3. The number of rotatable bonds is 8. The first-order valence-electron chi connectivity index (χ1n) is 11.3. The molecule has 0 unspecified atom stereocenters. The van der Waals surface area contributed by atoms with Crippen LogP contribution in [-0.4, -0.2) is 32.6 Å². The van der Waals surface area contributed by atoms with E-state index in [1.165, 1.54) is 32.2 Å². The first kappa shape index (κ1) is 25.2. The maximum absolute atomic E-state index is 12.9. The molecule has 1 amide bonds. The second kappa shape index (κ2) is 9.60. The van der Waals surface area contributed by atoms with Crippen LogP contribution in [-0.2, 0) is 17.5 Å². The predicted molar refractivity (Wildman–Crippen MR) is 124 cm³/mol. The van der Waals surface area contributed by atoms with Crippen LogP contribution in [0.25, 0.3) is 11.4 Å². The number of aliphatic carboxylic acids is 1. The van der Waals surface area contributed by atoms with Crippen molar-refractivity contribution in [2.75, 3.05) is 0 Å². The Morgan fingerprint density at radius 3 is 2.25 bits per heavy atom. The van der Waals surface area contributed by atoms with E-state index < -0.39 is 23.3 Å². The van der Waals surface area contributed by atoms with Gasteiger partial charge < -0.3 is 15.2 Å². The maximum Gasteiger partial charge on any atom is 0.416 e. The monoisotopic (exact) mass is 499 g/mol. The third-order valence-corrected chi connectivity index (χ3v) is 5.76. The zero-order chi connectivity index (χ0) is 26.1. The average Bonchev–Trinajstić information content (AvgIpc) is 3.68. The number of carbonyl (C=O) groups is 2. The molecule has 10 heteroatoms. The van der Waals surface area contributed by atoms with E-state index in [1.54, 1.807) is 24.3 Å². The van der Waals surface area contributed by atoms with E-state index in [0.29, 0.717) is 22.6 Å². The van der Waals surface area contributed by atoms with Crippen molar-refractivity contribution in [1.82, 2.24) is 15.3 Å². The van der Waals surface area contributed by atoms with Crippen molar-refractivity contribution in [3.05, 3.63) is 77.1 Å². The molecule has 1 saturated carbocycles. The van der Waals surface area contributed by atoms with E-state index in [9.17, 15) is 27.9 Å². The minimum absolute atomic E-state index is 0.107. The number of carbonyl (C=O) groups excluding carboxylic acids is 1. The molecule has 0 radical (unpaired) electrons. The highest BCUT2D eigenvalue weighted by Gasteiger charge is 2.32. The van der Waals surface area contributed by atoms with Crippen LogP contribution in [0.15, 0.2) is 54.7 Å². The highest BCUT2D eigenvalue weighted by Crippen LogP contribution is 2.41. The van der Waals surface area contributed by atoms with E-state index in [1.807, 2.05) is 0 Å². The van der Waals surface area contributed by atoms with Gasteiger partial charge in [-0.1, -0.05) is 24.3 Å². The lowest BCUT2D eigenvalue weighted by Crippen LogP contribution is -2.37. The molecule has 3 aromatic rings. The summed E-state index contributed by atoms with van der Waals surface area (Å²) in [5.74, 6) is -0.682. The standard InChI is InChI=1S/C26H24F3N3O4/c1-25(2,24(34)35)36-19-11-3-15(4-12-19)13-31-23(33)20-14-30-22(32-21(20)16-5-6-16)17-7-9-18(10-8-17)26(27,28)29/h3-4,7-12,14,16H,5-6,13H2,1-2H3,(H,31,33)(H,34,35). The Hall–Kier alpha value is -3.95. The van der Waals surface area contributed by atoms with Crippen molar-refractivity contribution < 1.29 is 32.6 Å². The van der Waals surface area contributed by atoms with Crippen molar-refractivity contribution in [2.45, 2.75) is 50.9 Å². The van der Waals surface area contributed by atoms with Gasteiger partial charge in [0.05, 0.1) is 16.8 Å². The highest BCUT2D eigenvalue weighted by atomic mass is 19.4. The van der Waals surface area contributed by atoms with Crippen LogP contribution >= 0.6 is 0 Å². The second-order valence-corrected chi connectivity index (χ2v) is 9.09. The molecule has 36 heavy (non-hydrogen) atoms. The fraction of sp³-hybridized carbons (Fsp3) is 0.308. The Morgan fingerprint density at radius 1 is 1.06 bits per heavy atom. The molecule has 1 aromatic heterocycles. The van der Waals surface area contributed by atoms with Crippen LogP contribution in [0.2, 0.25) is 0 Å². The molecule has 1 aliphatic rings. The number of carboxylic acid groups (broad SMARTS) is 1. The van der Waals surface area contributed by atoms with Gasteiger partial charge in [-0.2, -0.15) is 13.2 Å². The number of hydrogen-bond acceptors (Lipinski definition) is 5. The number of carboxylic acids is 1. The van der Waals surface area contributed by atoms with Gasteiger partial charge in [-0.3, -0.25) is 4.79 Å². The van der Waals surface area contributed by atoms with Crippen LogP contribution in [0.4, 0.5) is 13.2 Å². The lowest BCUT2D eigenvalue weighted by atomic mass is 10.1. The third-order valence-electron chi connectivity index (χ3n) is 5.76. The van der Waals surface area contributed by atoms with Gasteiger partial charge in [-0.15, -0.1) is 0 Å². The predicted octanol–water partition coefficient (Wildman–Crippen LogP) is 5.21. The van der Waals surface area contributed by atoms with E-state index >= 15 is 0 Å². The van der Waals surface area contributed by atoms with Crippen LogP contribution in [0.1, 0.15) is 59.8 Å². The van der Waals surface area contributed by atoms with Crippen molar-refractivity contribution in [3.8, 4) is 17.1 Å². The Kier molecular flexibility index (Phi) is 6.71. The number of alkyl halides is 3. The molecule has 4 rings (SSSR count). The molecule has 1 fully saturated rings. The summed E-state index contributed by atoms with van der Waals surface area (Å²) in [4.78, 5) is 32.9. The van der Waals surface area contributed by atoms with Gasteiger partial charge in [0.1, 0.15) is 5.75 Å². The van der Waals surface area contributed by atoms with Gasteiger partial charge in [0.15, 0.2) is 11.4 Å². The van der Waals surface area contributed by atoms with Gasteiger partial charge in [-0.05, 0) is 56.5 Å².